The zero-order valence-corrected chi connectivity index (χ0v) is 10.6. The molecule has 1 fully saturated rings. The number of hydrogen-bond acceptors (Lipinski definition) is 3. The number of likely N-dealkylation sites (tertiary alicyclic amines) is 1. The Morgan fingerprint density at radius 1 is 1.35 bits per heavy atom. The highest BCUT2D eigenvalue weighted by molar-refractivity contribution is 5.11. The first kappa shape index (κ1) is 11.2. The van der Waals surface area contributed by atoms with Crippen molar-refractivity contribution >= 4 is 0 Å². The zero-order valence-electron chi connectivity index (χ0n) is 10.6. The number of aryl methyl sites for hydroxylation is 1. The van der Waals surface area contributed by atoms with Crippen LogP contribution in [0.4, 0.5) is 0 Å². The summed E-state index contributed by atoms with van der Waals surface area (Å²) >= 11 is 0. The lowest BCUT2D eigenvalue weighted by Gasteiger charge is -2.19. The van der Waals surface area contributed by atoms with Crippen molar-refractivity contribution in [1.82, 2.24) is 14.5 Å². The van der Waals surface area contributed by atoms with Gasteiger partial charge in [-0.3, -0.25) is 0 Å². The van der Waals surface area contributed by atoms with E-state index in [1.54, 1.807) is 0 Å². The van der Waals surface area contributed by atoms with Crippen molar-refractivity contribution in [2.45, 2.75) is 50.7 Å². The lowest BCUT2D eigenvalue weighted by Crippen LogP contribution is -2.26. The van der Waals surface area contributed by atoms with Gasteiger partial charge in [0, 0.05) is 25.2 Å². The van der Waals surface area contributed by atoms with Crippen molar-refractivity contribution in [1.29, 1.82) is 0 Å². The number of aromatic nitrogens is 2. The summed E-state index contributed by atoms with van der Waals surface area (Å²) in [6.07, 6.45) is 8.22. The number of imidazole rings is 1. The highest BCUT2D eigenvalue weighted by atomic mass is 15.2. The summed E-state index contributed by atoms with van der Waals surface area (Å²) in [6, 6.07) is 0.835. The molecule has 2 N–H and O–H groups in total. The molecule has 0 spiro atoms. The van der Waals surface area contributed by atoms with Gasteiger partial charge in [0.25, 0.3) is 0 Å². The van der Waals surface area contributed by atoms with E-state index in [1.807, 2.05) is 0 Å². The van der Waals surface area contributed by atoms with Gasteiger partial charge >= 0.3 is 0 Å². The summed E-state index contributed by atoms with van der Waals surface area (Å²) in [5, 5.41) is 0. The second-order valence-electron chi connectivity index (χ2n) is 5.51. The summed E-state index contributed by atoms with van der Waals surface area (Å²) in [5.74, 6) is 1.10. The molecule has 0 amide bonds. The molecule has 1 saturated heterocycles. The molecule has 2 aliphatic rings. The molecule has 4 nitrogen and oxygen atoms in total. The molecule has 17 heavy (non-hydrogen) atoms. The van der Waals surface area contributed by atoms with E-state index in [0.717, 1.165) is 25.2 Å². The normalized spacial score (nSPS) is 29.5. The number of nitrogens with zero attached hydrogens (tertiary/aromatic N) is 3. The molecule has 1 aromatic rings. The van der Waals surface area contributed by atoms with Gasteiger partial charge in [-0.25, -0.2) is 4.98 Å². The monoisotopic (exact) mass is 234 g/mol. The van der Waals surface area contributed by atoms with Crippen molar-refractivity contribution in [3.8, 4) is 0 Å². The molecule has 3 heterocycles. The van der Waals surface area contributed by atoms with Crippen LogP contribution in [-0.4, -0.2) is 34.1 Å². The summed E-state index contributed by atoms with van der Waals surface area (Å²) in [4.78, 5) is 7.20. The zero-order chi connectivity index (χ0) is 11.8. The van der Waals surface area contributed by atoms with Gasteiger partial charge in [-0.15, -0.1) is 0 Å². The van der Waals surface area contributed by atoms with Gasteiger partial charge in [-0.1, -0.05) is 0 Å². The van der Waals surface area contributed by atoms with Crippen LogP contribution in [-0.2, 0) is 13.0 Å². The maximum absolute atomic E-state index is 6.10. The fourth-order valence-corrected chi connectivity index (χ4v) is 3.15. The van der Waals surface area contributed by atoms with E-state index in [1.165, 1.54) is 31.5 Å². The molecule has 94 valence electrons. The third-order valence-corrected chi connectivity index (χ3v) is 4.22. The molecule has 0 radical (unpaired) electrons. The Balaban J connectivity index is 1.75. The van der Waals surface area contributed by atoms with Gasteiger partial charge in [0.15, 0.2) is 0 Å². The maximum Gasteiger partial charge on any atom is 0.125 e. The second kappa shape index (κ2) is 4.42. The number of nitrogens with two attached hydrogens (primary N) is 1. The summed E-state index contributed by atoms with van der Waals surface area (Å²) in [7, 11) is 2.22. The summed E-state index contributed by atoms with van der Waals surface area (Å²) < 4.78 is 2.26. The van der Waals surface area contributed by atoms with Crippen molar-refractivity contribution in [2.75, 3.05) is 13.6 Å². The minimum atomic E-state index is 0.152. The highest BCUT2D eigenvalue weighted by Crippen LogP contribution is 2.24. The van der Waals surface area contributed by atoms with Gasteiger partial charge in [-0.2, -0.15) is 0 Å². The number of hydrogen-bond donors (Lipinski definition) is 1. The molecule has 0 aromatic carbocycles. The van der Waals surface area contributed by atoms with Crippen LogP contribution in [0.2, 0.25) is 0 Å². The molecule has 0 aliphatic carbocycles. The lowest BCUT2D eigenvalue weighted by molar-refractivity contribution is 0.308. The largest absolute Gasteiger partial charge is 0.333 e. The van der Waals surface area contributed by atoms with Crippen molar-refractivity contribution < 1.29 is 0 Å². The van der Waals surface area contributed by atoms with E-state index >= 15 is 0 Å². The van der Waals surface area contributed by atoms with Crippen LogP contribution >= 0.6 is 0 Å². The van der Waals surface area contributed by atoms with Gasteiger partial charge in [-0.05, 0) is 39.3 Å². The van der Waals surface area contributed by atoms with Gasteiger partial charge in [0.2, 0.25) is 0 Å². The van der Waals surface area contributed by atoms with E-state index in [-0.39, 0.29) is 6.04 Å². The topological polar surface area (TPSA) is 47.1 Å². The molecule has 3 rings (SSSR count). The smallest absolute Gasteiger partial charge is 0.125 e. The molecule has 0 saturated carbocycles. The fourth-order valence-electron chi connectivity index (χ4n) is 3.15. The number of rotatable bonds is 2. The Bertz CT molecular complexity index is 398. The Morgan fingerprint density at radius 2 is 2.18 bits per heavy atom. The van der Waals surface area contributed by atoms with E-state index in [9.17, 15) is 0 Å². The molecular formula is C13H22N4. The molecular weight excluding hydrogens is 212 g/mol. The Hall–Kier alpha value is -0.870. The van der Waals surface area contributed by atoms with Crippen LogP contribution in [0, 0.1) is 0 Å². The average Bonchev–Trinajstić information content (AvgIpc) is 2.87. The first-order chi connectivity index (χ1) is 8.24. The second-order valence-corrected chi connectivity index (χ2v) is 5.51. The van der Waals surface area contributed by atoms with Crippen LogP contribution < -0.4 is 5.73 Å². The SMILES string of the molecule is CN1CCCC1Cc1cn2c(n1)C(N)CCC2. The van der Waals surface area contributed by atoms with Crippen LogP contribution in [0.15, 0.2) is 6.20 Å². The van der Waals surface area contributed by atoms with Gasteiger partial charge < -0.3 is 15.2 Å². The molecule has 1 aromatic heterocycles. The van der Waals surface area contributed by atoms with Crippen molar-refractivity contribution in [3.63, 3.8) is 0 Å². The predicted octanol–water partition coefficient (Wildman–Crippen LogP) is 1.31. The molecule has 2 unspecified atom stereocenters. The maximum atomic E-state index is 6.10. The van der Waals surface area contributed by atoms with Crippen LogP contribution in [0.25, 0.3) is 0 Å². The van der Waals surface area contributed by atoms with Crippen molar-refractivity contribution in [2.24, 2.45) is 5.73 Å². The van der Waals surface area contributed by atoms with E-state index in [4.69, 9.17) is 10.7 Å². The Labute approximate surface area is 103 Å². The number of likely N-dealkylation sites (N-methyl/N-ethyl adjacent to an activating group) is 1. The molecule has 4 heteroatoms. The summed E-state index contributed by atoms with van der Waals surface area (Å²) in [5.41, 5.74) is 7.33. The van der Waals surface area contributed by atoms with E-state index < -0.39 is 0 Å². The van der Waals surface area contributed by atoms with E-state index in [0.29, 0.717) is 6.04 Å². The summed E-state index contributed by atoms with van der Waals surface area (Å²) in [6.45, 7) is 2.33. The quantitative estimate of drug-likeness (QED) is 0.839. The minimum Gasteiger partial charge on any atom is -0.333 e. The highest BCUT2D eigenvalue weighted by Gasteiger charge is 2.24. The average molecular weight is 234 g/mol. The third kappa shape index (κ3) is 2.11. The Morgan fingerprint density at radius 3 is 2.88 bits per heavy atom. The number of fused-ring (bicyclic) bond motifs is 1. The Kier molecular flexibility index (Phi) is 2.92. The third-order valence-electron chi connectivity index (χ3n) is 4.22. The van der Waals surface area contributed by atoms with Crippen LogP contribution in [0.1, 0.15) is 43.2 Å². The first-order valence-corrected chi connectivity index (χ1v) is 6.76. The van der Waals surface area contributed by atoms with E-state index in [2.05, 4.69) is 22.7 Å². The predicted molar refractivity (Wildman–Crippen MR) is 67.7 cm³/mol. The molecule has 2 atom stereocenters. The fraction of sp³-hybridized carbons (Fsp3) is 0.769. The van der Waals surface area contributed by atoms with Crippen LogP contribution in [0.3, 0.4) is 0 Å². The van der Waals surface area contributed by atoms with Crippen LogP contribution in [0.5, 0.6) is 0 Å². The standard InChI is InChI=1S/C13H22N4/c1-16-6-2-4-11(16)8-10-9-17-7-3-5-12(14)13(17)15-10/h9,11-12H,2-8,14H2,1H3. The van der Waals surface area contributed by atoms with Crippen molar-refractivity contribution in [3.05, 3.63) is 17.7 Å². The van der Waals surface area contributed by atoms with Gasteiger partial charge in [0.05, 0.1) is 11.7 Å². The lowest BCUT2D eigenvalue weighted by atomic mass is 10.1. The van der Waals surface area contributed by atoms with Gasteiger partial charge in [0.1, 0.15) is 5.82 Å². The molecule has 2 aliphatic heterocycles. The minimum absolute atomic E-state index is 0.152. The molecule has 0 bridgehead atoms. The first-order valence-electron chi connectivity index (χ1n) is 6.76.